The number of benzene rings is 3. The van der Waals surface area contributed by atoms with Crippen LogP contribution in [0.2, 0.25) is 10.0 Å². The molecule has 0 unspecified atom stereocenters. The fourth-order valence-corrected chi connectivity index (χ4v) is 4.97. The van der Waals surface area contributed by atoms with E-state index in [0.29, 0.717) is 52.1 Å². The quantitative estimate of drug-likeness (QED) is 0.362. The SMILES string of the molecule is C[C@@H]1CN(C[C@@H](CCCl)c2ccc(Cl)c(Cl)c2)C(=O)c2c(c(C#N)cc3ccccc23)CO1. The summed E-state index contributed by atoms with van der Waals surface area (Å²) in [6.45, 7) is 3.04. The Bertz CT molecular complexity index is 1240. The van der Waals surface area contributed by atoms with E-state index in [2.05, 4.69) is 6.07 Å². The van der Waals surface area contributed by atoms with Crippen LogP contribution in [0.25, 0.3) is 10.8 Å². The monoisotopic (exact) mass is 500 g/mol. The Morgan fingerprint density at radius 1 is 1.18 bits per heavy atom. The Morgan fingerprint density at radius 3 is 2.70 bits per heavy atom. The molecule has 3 aromatic rings. The van der Waals surface area contributed by atoms with Gasteiger partial charge in [-0.2, -0.15) is 5.26 Å². The molecule has 0 spiro atoms. The third-order valence-electron chi connectivity index (χ3n) is 6.08. The molecule has 3 aromatic carbocycles. The minimum Gasteiger partial charge on any atom is -0.372 e. The van der Waals surface area contributed by atoms with Crippen LogP contribution in [-0.4, -0.2) is 35.9 Å². The van der Waals surface area contributed by atoms with Crippen LogP contribution in [0.3, 0.4) is 0 Å². The Morgan fingerprint density at radius 2 is 1.97 bits per heavy atom. The molecule has 33 heavy (non-hydrogen) atoms. The van der Waals surface area contributed by atoms with Crippen LogP contribution in [0.4, 0.5) is 0 Å². The second-order valence-electron chi connectivity index (χ2n) is 8.29. The molecule has 0 fully saturated rings. The number of carbonyl (C=O) groups excluding carboxylic acids is 1. The fraction of sp³-hybridized carbons (Fsp3) is 0.308. The molecule has 4 rings (SSSR count). The highest BCUT2D eigenvalue weighted by Gasteiger charge is 2.30. The van der Waals surface area contributed by atoms with Gasteiger partial charge in [-0.3, -0.25) is 4.79 Å². The molecular weight excluding hydrogens is 479 g/mol. The van der Waals surface area contributed by atoms with E-state index in [1.165, 1.54) is 0 Å². The number of amides is 1. The zero-order valence-corrected chi connectivity index (χ0v) is 20.4. The Kier molecular flexibility index (Phi) is 7.46. The van der Waals surface area contributed by atoms with Crippen molar-refractivity contribution in [1.82, 2.24) is 4.90 Å². The van der Waals surface area contributed by atoms with Crippen LogP contribution in [-0.2, 0) is 11.3 Å². The van der Waals surface area contributed by atoms with Crippen molar-refractivity contribution >= 4 is 51.5 Å². The second kappa shape index (κ2) is 10.3. The van der Waals surface area contributed by atoms with Crippen molar-refractivity contribution in [2.24, 2.45) is 0 Å². The molecule has 0 aliphatic carbocycles. The smallest absolute Gasteiger partial charge is 0.255 e. The van der Waals surface area contributed by atoms with Gasteiger partial charge in [0.05, 0.1) is 40.0 Å². The lowest BCUT2D eigenvalue weighted by Gasteiger charge is -2.33. The van der Waals surface area contributed by atoms with Crippen LogP contribution >= 0.6 is 34.8 Å². The maximum atomic E-state index is 14.0. The summed E-state index contributed by atoms with van der Waals surface area (Å²) in [7, 11) is 0. The summed E-state index contributed by atoms with van der Waals surface area (Å²) >= 11 is 18.5. The minimum absolute atomic E-state index is 0.0262. The number of halogens is 3. The molecule has 1 amide bonds. The maximum Gasteiger partial charge on any atom is 0.255 e. The Balaban J connectivity index is 1.79. The average molecular weight is 502 g/mol. The van der Waals surface area contributed by atoms with E-state index in [4.69, 9.17) is 39.5 Å². The lowest BCUT2D eigenvalue weighted by Crippen LogP contribution is -2.42. The third kappa shape index (κ3) is 4.98. The number of hydrogen-bond donors (Lipinski definition) is 0. The van der Waals surface area contributed by atoms with Gasteiger partial charge in [0.2, 0.25) is 0 Å². The van der Waals surface area contributed by atoms with E-state index < -0.39 is 0 Å². The average Bonchev–Trinajstić information content (AvgIpc) is 2.81. The zero-order valence-electron chi connectivity index (χ0n) is 18.2. The first-order valence-corrected chi connectivity index (χ1v) is 12.1. The highest BCUT2D eigenvalue weighted by atomic mass is 35.5. The summed E-state index contributed by atoms with van der Waals surface area (Å²) < 4.78 is 6.05. The van der Waals surface area contributed by atoms with Crippen LogP contribution < -0.4 is 0 Å². The van der Waals surface area contributed by atoms with Gasteiger partial charge in [0.15, 0.2) is 0 Å². The van der Waals surface area contributed by atoms with Crippen molar-refractivity contribution in [2.45, 2.75) is 32.0 Å². The van der Waals surface area contributed by atoms with Crippen molar-refractivity contribution in [1.29, 1.82) is 5.26 Å². The number of nitrogens with zero attached hydrogens (tertiary/aromatic N) is 2. The van der Waals surface area contributed by atoms with Gasteiger partial charge in [-0.25, -0.2) is 0 Å². The molecule has 170 valence electrons. The first-order chi connectivity index (χ1) is 15.9. The van der Waals surface area contributed by atoms with Crippen molar-refractivity contribution in [3.63, 3.8) is 0 Å². The number of nitriles is 1. The summed E-state index contributed by atoms with van der Waals surface area (Å²) in [4.78, 5) is 15.8. The van der Waals surface area contributed by atoms with Gasteiger partial charge < -0.3 is 9.64 Å². The lowest BCUT2D eigenvalue weighted by molar-refractivity contribution is 0.0174. The zero-order chi connectivity index (χ0) is 23.5. The minimum atomic E-state index is -0.189. The Labute approximate surface area is 208 Å². The lowest BCUT2D eigenvalue weighted by atomic mass is 9.91. The van der Waals surface area contributed by atoms with Gasteiger partial charge in [-0.05, 0) is 47.9 Å². The van der Waals surface area contributed by atoms with Crippen molar-refractivity contribution in [2.75, 3.05) is 19.0 Å². The van der Waals surface area contributed by atoms with Gasteiger partial charge in [0.25, 0.3) is 5.91 Å². The summed E-state index contributed by atoms with van der Waals surface area (Å²) in [6, 6.07) is 17.3. The van der Waals surface area contributed by atoms with Gasteiger partial charge in [-0.15, -0.1) is 11.6 Å². The summed E-state index contributed by atoms with van der Waals surface area (Å²) in [5, 5.41) is 12.4. The summed E-state index contributed by atoms with van der Waals surface area (Å²) in [6.07, 6.45) is 0.482. The Hall–Kier alpha value is -2.29. The molecule has 0 saturated carbocycles. The fourth-order valence-electron chi connectivity index (χ4n) is 4.40. The van der Waals surface area contributed by atoms with Gasteiger partial charge in [0, 0.05) is 30.5 Å². The number of ether oxygens (including phenoxy) is 1. The predicted molar refractivity (Wildman–Crippen MR) is 133 cm³/mol. The van der Waals surface area contributed by atoms with Crippen molar-refractivity contribution < 1.29 is 9.53 Å². The molecule has 4 nitrogen and oxygen atoms in total. The van der Waals surface area contributed by atoms with E-state index in [1.807, 2.05) is 54.3 Å². The molecule has 2 atom stereocenters. The van der Waals surface area contributed by atoms with Gasteiger partial charge in [0.1, 0.15) is 0 Å². The topological polar surface area (TPSA) is 53.3 Å². The van der Waals surface area contributed by atoms with E-state index >= 15 is 0 Å². The molecule has 0 bridgehead atoms. The first-order valence-electron chi connectivity index (χ1n) is 10.8. The second-order valence-corrected chi connectivity index (χ2v) is 9.48. The number of carbonyl (C=O) groups is 1. The normalized spacial score (nSPS) is 17.2. The van der Waals surface area contributed by atoms with Crippen molar-refractivity contribution in [3.8, 4) is 6.07 Å². The largest absolute Gasteiger partial charge is 0.372 e. The standard InChI is InChI=1S/C26H23Cl3N2O2/c1-16-13-31(14-19(8-9-27)17-6-7-23(28)24(29)11-17)26(32)25-21-5-3-2-4-18(21)10-20(12-30)22(25)15-33-16/h2-7,10-11,16,19H,8-9,13-15H2,1H3/t16-,19-/m1/s1. The molecule has 0 N–H and O–H groups in total. The third-order valence-corrected chi connectivity index (χ3v) is 7.04. The predicted octanol–water partition coefficient (Wildman–Crippen LogP) is 6.79. The van der Waals surface area contributed by atoms with E-state index in [0.717, 1.165) is 16.3 Å². The molecule has 0 radical (unpaired) electrons. The van der Waals surface area contributed by atoms with Crippen LogP contribution in [0.5, 0.6) is 0 Å². The molecule has 0 saturated heterocycles. The van der Waals surface area contributed by atoms with Gasteiger partial charge in [-0.1, -0.05) is 53.5 Å². The van der Waals surface area contributed by atoms with Crippen molar-refractivity contribution in [3.05, 3.63) is 80.8 Å². The van der Waals surface area contributed by atoms with E-state index in [9.17, 15) is 10.1 Å². The van der Waals surface area contributed by atoms with Crippen LogP contribution in [0.15, 0.2) is 48.5 Å². The molecule has 0 aromatic heterocycles. The molecule has 7 heteroatoms. The number of alkyl halides is 1. The summed E-state index contributed by atoms with van der Waals surface area (Å²) in [5.74, 6) is 0.312. The number of hydrogen-bond acceptors (Lipinski definition) is 3. The highest BCUT2D eigenvalue weighted by Crippen LogP contribution is 2.33. The maximum absolute atomic E-state index is 14.0. The molecule has 1 heterocycles. The van der Waals surface area contributed by atoms with E-state index in [1.54, 1.807) is 6.07 Å². The van der Waals surface area contributed by atoms with Crippen LogP contribution in [0.1, 0.15) is 46.3 Å². The molecule has 1 aliphatic heterocycles. The highest BCUT2D eigenvalue weighted by molar-refractivity contribution is 6.42. The number of fused-ring (bicyclic) bond motifs is 3. The molecular formula is C26H23Cl3N2O2. The number of rotatable bonds is 5. The first kappa shape index (κ1) is 23.9. The van der Waals surface area contributed by atoms with Gasteiger partial charge >= 0.3 is 0 Å². The van der Waals surface area contributed by atoms with E-state index in [-0.39, 0.29) is 24.5 Å². The summed E-state index contributed by atoms with van der Waals surface area (Å²) in [5.41, 5.74) is 2.62. The molecule has 1 aliphatic rings. The van der Waals surface area contributed by atoms with Crippen LogP contribution in [0, 0.1) is 11.3 Å².